The monoisotopic (exact) mass is 512 g/mol. The Kier molecular flexibility index (Phi) is 6.65. The van der Waals surface area contributed by atoms with Crippen molar-refractivity contribution in [1.29, 1.82) is 0 Å². The minimum absolute atomic E-state index is 0.0801. The zero-order valence-electron chi connectivity index (χ0n) is 20.6. The molecule has 0 saturated carbocycles. The number of nitrogens with one attached hydrogen (secondary N) is 1. The smallest absolute Gasteiger partial charge is 0.254 e. The number of carbonyl (C=O) groups is 2. The Hall–Kier alpha value is -3.11. The molecule has 36 heavy (non-hydrogen) atoms. The minimum Gasteiger partial charge on any atom is -0.381 e. The second-order valence-electron chi connectivity index (χ2n) is 9.73. The Bertz CT molecular complexity index is 1260. The van der Waals surface area contributed by atoms with Crippen LogP contribution < -0.4 is 15.1 Å². The van der Waals surface area contributed by atoms with Gasteiger partial charge in [-0.2, -0.15) is 0 Å². The number of sulfone groups is 1. The molecule has 3 aliphatic heterocycles. The Labute approximate surface area is 211 Å². The van der Waals surface area contributed by atoms with E-state index in [1.165, 1.54) is 4.90 Å². The molecule has 192 valence electrons. The fourth-order valence-electron chi connectivity index (χ4n) is 5.34. The maximum absolute atomic E-state index is 12.9. The highest BCUT2D eigenvalue weighted by Gasteiger charge is 2.38. The summed E-state index contributed by atoms with van der Waals surface area (Å²) in [7, 11) is -1.39. The van der Waals surface area contributed by atoms with Gasteiger partial charge in [0.15, 0.2) is 9.84 Å². The van der Waals surface area contributed by atoms with Gasteiger partial charge in [-0.1, -0.05) is 0 Å². The third-order valence-electron chi connectivity index (χ3n) is 7.25. The number of ether oxygens (including phenoxy) is 1. The van der Waals surface area contributed by atoms with Gasteiger partial charge in [0.1, 0.15) is 11.9 Å². The van der Waals surface area contributed by atoms with Gasteiger partial charge in [0, 0.05) is 49.8 Å². The molecule has 2 fully saturated rings. The van der Waals surface area contributed by atoms with Crippen molar-refractivity contribution in [2.75, 3.05) is 53.6 Å². The van der Waals surface area contributed by atoms with Crippen LogP contribution in [0.15, 0.2) is 42.5 Å². The lowest BCUT2D eigenvalue weighted by atomic mass is 9.99. The van der Waals surface area contributed by atoms with E-state index in [4.69, 9.17) is 4.74 Å². The first-order valence-electron chi connectivity index (χ1n) is 12.4. The first-order valence-corrected chi connectivity index (χ1v) is 14.2. The van der Waals surface area contributed by atoms with Crippen molar-refractivity contribution in [3.05, 3.63) is 48.0 Å². The summed E-state index contributed by atoms with van der Waals surface area (Å²) < 4.78 is 29.4. The molecule has 2 aromatic carbocycles. The number of hydrogen-bond acceptors (Lipinski definition) is 7. The molecule has 0 aliphatic carbocycles. The van der Waals surface area contributed by atoms with Crippen LogP contribution in [0.4, 0.5) is 22.7 Å². The van der Waals surface area contributed by atoms with E-state index in [9.17, 15) is 18.0 Å². The minimum atomic E-state index is -3.21. The molecule has 2 amide bonds. The van der Waals surface area contributed by atoms with Crippen molar-refractivity contribution < 1.29 is 22.7 Å². The first kappa shape index (κ1) is 24.6. The van der Waals surface area contributed by atoms with Crippen LogP contribution in [0.5, 0.6) is 0 Å². The van der Waals surface area contributed by atoms with Crippen LogP contribution in [0.2, 0.25) is 0 Å². The lowest BCUT2D eigenvalue weighted by molar-refractivity contribution is -0.119. The summed E-state index contributed by atoms with van der Waals surface area (Å²) in [5, 5.41) is 3.40. The SMILES string of the molecule is CC1C(=O)N(C)c2ccc(Nc3ccc(C(=O)N4CCCS(=O)(=O)C4)cc3)cc2N1C1CCOCC1. The van der Waals surface area contributed by atoms with Crippen LogP contribution in [0.25, 0.3) is 0 Å². The zero-order valence-corrected chi connectivity index (χ0v) is 21.5. The number of fused-ring (bicyclic) bond motifs is 1. The largest absolute Gasteiger partial charge is 0.381 e. The molecule has 2 aromatic rings. The second-order valence-corrected chi connectivity index (χ2v) is 11.9. The van der Waals surface area contributed by atoms with Crippen LogP contribution in [0, 0.1) is 0 Å². The maximum atomic E-state index is 12.9. The molecule has 0 aromatic heterocycles. The Morgan fingerprint density at radius 1 is 1.03 bits per heavy atom. The van der Waals surface area contributed by atoms with Crippen LogP contribution >= 0.6 is 0 Å². The van der Waals surface area contributed by atoms with Gasteiger partial charge >= 0.3 is 0 Å². The fourth-order valence-corrected chi connectivity index (χ4v) is 6.76. The third-order valence-corrected chi connectivity index (χ3v) is 8.86. The zero-order chi connectivity index (χ0) is 25.4. The number of anilines is 4. The summed E-state index contributed by atoms with van der Waals surface area (Å²) in [6.45, 7) is 3.80. The molecule has 3 heterocycles. The molecular formula is C26H32N4O5S. The van der Waals surface area contributed by atoms with Crippen LogP contribution in [0.3, 0.4) is 0 Å². The van der Waals surface area contributed by atoms with Crippen molar-refractivity contribution in [2.24, 2.45) is 0 Å². The van der Waals surface area contributed by atoms with E-state index >= 15 is 0 Å². The van der Waals surface area contributed by atoms with Crippen molar-refractivity contribution >= 4 is 44.4 Å². The van der Waals surface area contributed by atoms with Crippen molar-refractivity contribution in [3.63, 3.8) is 0 Å². The van der Waals surface area contributed by atoms with Crippen LogP contribution in [-0.4, -0.2) is 75.7 Å². The number of nitrogens with zero attached hydrogens (tertiary/aromatic N) is 3. The van der Waals surface area contributed by atoms with Gasteiger partial charge in [0.25, 0.3) is 5.91 Å². The van der Waals surface area contributed by atoms with E-state index < -0.39 is 9.84 Å². The summed E-state index contributed by atoms with van der Waals surface area (Å²) >= 11 is 0. The highest BCUT2D eigenvalue weighted by Crippen LogP contribution is 2.40. The van der Waals surface area contributed by atoms with Gasteiger partial charge in [-0.25, -0.2) is 8.42 Å². The highest BCUT2D eigenvalue weighted by molar-refractivity contribution is 7.91. The number of hydrogen-bond donors (Lipinski definition) is 1. The van der Waals surface area contributed by atoms with E-state index in [2.05, 4.69) is 16.3 Å². The van der Waals surface area contributed by atoms with Crippen LogP contribution in [0.1, 0.15) is 36.5 Å². The summed E-state index contributed by atoms with van der Waals surface area (Å²) in [5.74, 6) is -0.279. The van der Waals surface area contributed by atoms with Gasteiger partial charge in [0.05, 0.1) is 17.1 Å². The quantitative estimate of drug-likeness (QED) is 0.672. The molecule has 0 spiro atoms. The molecule has 5 rings (SSSR count). The van der Waals surface area contributed by atoms with Crippen molar-refractivity contribution in [1.82, 2.24) is 4.90 Å². The Balaban J connectivity index is 1.36. The van der Waals surface area contributed by atoms with Gasteiger partial charge < -0.3 is 24.8 Å². The summed E-state index contributed by atoms with van der Waals surface area (Å²) in [6.07, 6.45) is 2.23. The number of rotatable bonds is 4. The Morgan fingerprint density at radius 3 is 2.42 bits per heavy atom. The van der Waals surface area contributed by atoms with E-state index in [0.29, 0.717) is 31.7 Å². The second kappa shape index (κ2) is 9.74. The average Bonchev–Trinajstić information content (AvgIpc) is 2.87. The van der Waals surface area contributed by atoms with Crippen LogP contribution in [-0.2, 0) is 19.4 Å². The van der Waals surface area contributed by atoms with E-state index in [1.807, 2.05) is 38.2 Å². The third kappa shape index (κ3) is 4.79. The summed E-state index contributed by atoms with van der Waals surface area (Å²) in [5.41, 5.74) is 4.04. The molecule has 2 saturated heterocycles. The molecule has 1 N–H and O–H groups in total. The molecule has 10 heteroatoms. The topological polar surface area (TPSA) is 99.3 Å². The summed E-state index contributed by atoms with van der Waals surface area (Å²) in [6, 6.07) is 13.0. The maximum Gasteiger partial charge on any atom is 0.254 e. The van der Waals surface area contributed by atoms with E-state index in [1.54, 1.807) is 17.0 Å². The average molecular weight is 513 g/mol. The standard InChI is InChI=1S/C26H32N4O5S/c1-18-25(31)28(2)23-9-8-21(16-24(23)30(18)22-10-13-35-14-11-22)27-20-6-4-19(5-7-20)26(32)29-12-3-15-36(33,34)17-29/h4-9,16,18,22,27H,3,10-15,17H2,1-2H3. The molecule has 1 atom stereocenters. The molecule has 0 radical (unpaired) electrons. The molecule has 0 bridgehead atoms. The number of benzene rings is 2. The molecular weight excluding hydrogens is 480 g/mol. The van der Waals surface area contributed by atoms with Gasteiger partial charge in [-0.3, -0.25) is 9.59 Å². The highest BCUT2D eigenvalue weighted by atomic mass is 32.2. The normalized spacial score (nSPS) is 22.3. The van der Waals surface area contributed by atoms with Gasteiger partial charge in [-0.15, -0.1) is 0 Å². The first-order chi connectivity index (χ1) is 17.2. The summed E-state index contributed by atoms with van der Waals surface area (Å²) in [4.78, 5) is 31.1. The van der Waals surface area contributed by atoms with Crippen molar-refractivity contribution in [3.8, 4) is 0 Å². The van der Waals surface area contributed by atoms with E-state index in [-0.39, 0.29) is 35.5 Å². The van der Waals surface area contributed by atoms with E-state index in [0.717, 1.165) is 35.6 Å². The number of carbonyl (C=O) groups excluding carboxylic acids is 2. The van der Waals surface area contributed by atoms with Crippen molar-refractivity contribution in [2.45, 2.75) is 38.3 Å². The number of likely N-dealkylation sites (N-methyl/N-ethyl adjacent to an activating group) is 1. The molecule has 1 unspecified atom stereocenters. The molecule has 3 aliphatic rings. The lowest BCUT2D eigenvalue weighted by Gasteiger charge is -2.45. The predicted octanol–water partition coefficient (Wildman–Crippen LogP) is 3.00. The lowest BCUT2D eigenvalue weighted by Crippen LogP contribution is -2.55. The van der Waals surface area contributed by atoms with Gasteiger partial charge in [0.2, 0.25) is 5.91 Å². The predicted molar refractivity (Wildman–Crippen MR) is 140 cm³/mol. The Morgan fingerprint density at radius 2 is 1.72 bits per heavy atom. The number of amides is 2. The van der Waals surface area contributed by atoms with Gasteiger partial charge in [-0.05, 0) is 68.7 Å². The fraction of sp³-hybridized carbons (Fsp3) is 0.462. The molecule has 9 nitrogen and oxygen atoms in total.